The summed E-state index contributed by atoms with van der Waals surface area (Å²) in [7, 11) is 0. The zero-order chi connectivity index (χ0) is 25.2. The maximum Gasteiger partial charge on any atom is 0.335 e. The van der Waals surface area contributed by atoms with Gasteiger partial charge in [0.2, 0.25) is 5.91 Å². The van der Waals surface area contributed by atoms with Gasteiger partial charge >= 0.3 is 5.97 Å². The van der Waals surface area contributed by atoms with Crippen LogP contribution in [0.2, 0.25) is 0 Å². The van der Waals surface area contributed by atoms with Gasteiger partial charge in [-0.1, -0.05) is 97.1 Å². The summed E-state index contributed by atoms with van der Waals surface area (Å²) in [6.45, 7) is 1.28. The van der Waals surface area contributed by atoms with Crippen LogP contribution < -0.4 is 0 Å². The first kappa shape index (κ1) is 24.9. The van der Waals surface area contributed by atoms with Crippen LogP contribution in [0.1, 0.15) is 39.9 Å². The number of benzene rings is 4. The molecular formula is C32H31NO3. The number of carbonyl (C=O) groups excluding carboxylic acids is 1. The number of carboxylic acid groups (broad SMARTS) is 1. The molecule has 4 aromatic rings. The SMILES string of the molecule is O=C(O)c1ccc(-c2ccc(CN(CCCc3ccccc3)C(=O)CCc3ccccc3)cc2)cc1. The van der Waals surface area contributed by atoms with Crippen molar-refractivity contribution in [2.45, 2.75) is 32.2 Å². The van der Waals surface area contributed by atoms with Crippen molar-refractivity contribution in [3.63, 3.8) is 0 Å². The van der Waals surface area contributed by atoms with Gasteiger partial charge in [-0.3, -0.25) is 4.79 Å². The molecule has 0 fully saturated rings. The highest BCUT2D eigenvalue weighted by atomic mass is 16.4. The van der Waals surface area contributed by atoms with E-state index < -0.39 is 5.97 Å². The van der Waals surface area contributed by atoms with Crippen molar-refractivity contribution in [2.75, 3.05) is 6.54 Å². The van der Waals surface area contributed by atoms with Gasteiger partial charge in [-0.15, -0.1) is 0 Å². The van der Waals surface area contributed by atoms with E-state index in [2.05, 4.69) is 48.5 Å². The first-order valence-electron chi connectivity index (χ1n) is 12.4. The second-order valence-corrected chi connectivity index (χ2v) is 8.97. The van der Waals surface area contributed by atoms with E-state index in [0.717, 1.165) is 36.0 Å². The Kier molecular flexibility index (Phi) is 8.66. The molecule has 0 aliphatic heterocycles. The average molecular weight is 478 g/mol. The van der Waals surface area contributed by atoms with E-state index in [1.165, 1.54) is 11.1 Å². The maximum atomic E-state index is 13.2. The number of amides is 1. The normalized spacial score (nSPS) is 10.7. The van der Waals surface area contributed by atoms with E-state index in [1.807, 2.05) is 53.4 Å². The van der Waals surface area contributed by atoms with Crippen LogP contribution in [0.15, 0.2) is 109 Å². The molecule has 0 aliphatic carbocycles. The third-order valence-corrected chi connectivity index (χ3v) is 6.35. The highest BCUT2D eigenvalue weighted by molar-refractivity contribution is 5.88. The summed E-state index contributed by atoms with van der Waals surface area (Å²) in [5.41, 5.74) is 5.79. The fourth-order valence-electron chi connectivity index (χ4n) is 4.29. The second kappa shape index (κ2) is 12.5. The number of hydrogen-bond acceptors (Lipinski definition) is 2. The molecule has 182 valence electrons. The van der Waals surface area contributed by atoms with Crippen LogP contribution in [0.3, 0.4) is 0 Å². The van der Waals surface area contributed by atoms with Crippen molar-refractivity contribution in [1.82, 2.24) is 4.90 Å². The van der Waals surface area contributed by atoms with Crippen LogP contribution in [0, 0.1) is 0 Å². The summed E-state index contributed by atoms with van der Waals surface area (Å²) in [5.74, 6) is -0.763. The molecule has 36 heavy (non-hydrogen) atoms. The number of aryl methyl sites for hydroxylation is 2. The topological polar surface area (TPSA) is 57.6 Å². The van der Waals surface area contributed by atoms with E-state index in [0.29, 0.717) is 19.5 Å². The summed E-state index contributed by atoms with van der Waals surface area (Å²) in [5, 5.41) is 9.11. The standard InChI is InChI=1S/C32H31NO3/c34-31(22-15-26-10-5-2-6-11-26)33(23-7-12-25-8-3-1-4-9-25)24-27-13-16-28(17-14-27)29-18-20-30(21-19-29)32(35)36/h1-6,8-11,13-14,16-21H,7,12,15,22-24H2,(H,35,36). The maximum absolute atomic E-state index is 13.2. The number of carboxylic acids is 1. The molecule has 0 radical (unpaired) electrons. The minimum absolute atomic E-state index is 0.167. The molecule has 0 spiro atoms. The summed E-state index contributed by atoms with van der Waals surface area (Å²) >= 11 is 0. The summed E-state index contributed by atoms with van der Waals surface area (Å²) in [4.78, 5) is 26.3. The number of carbonyl (C=O) groups is 2. The fourth-order valence-corrected chi connectivity index (χ4v) is 4.29. The lowest BCUT2D eigenvalue weighted by Crippen LogP contribution is -2.32. The van der Waals surface area contributed by atoms with E-state index in [4.69, 9.17) is 5.11 Å². The van der Waals surface area contributed by atoms with Gasteiger partial charge in [0.1, 0.15) is 0 Å². The van der Waals surface area contributed by atoms with Crippen molar-refractivity contribution in [1.29, 1.82) is 0 Å². The lowest BCUT2D eigenvalue weighted by atomic mass is 10.0. The first-order valence-corrected chi connectivity index (χ1v) is 12.4. The Balaban J connectivity index is 1.42. The summed E-state index contributed by atoms with van der Waals surface area (Å²) < 4.78 is 0. The minimum Gasteiger partial charge on any atom is -0.478 e. The fraction of sp³-hybridized carbons (Fsp3) is 0.188. The minimum atomic E-state index is -0.929. The molecule has 4 nitrogen and oxygen atoms in total. The van der Waals surface area contributed by atoms with Crippen LogP contribution >= 0.6 is 0 Å². The zero-order valence-electron chi connectivity index (χ0n) is 20.3. The molecule has 0 saturated carbocycles. The lowest BCUT2D eigenvalue weighted by molar-refractivity contribution is -0.131. The van der Waals surface area contributed by atoms with Crippen LogP contribution in [0.25, 0.3) is 11.1 Å². The van der Waals surface area contributed by atoms with Gasteiger partial charge in [-0.05, 0) is 59.2 Å². The summed E-state index contributed by atoms with van der Waals surface area (Å²) in [6.07, 6.45) is 3.08. The third kappa shape index (κ3) is 7.16. The Morgan fingerprint density at radius 1 is 0.611 bits per heavy atom. The highest BCUT2D eigenvalue weighted by Gasteiger charge is 2.14. The van der Waals surface area contributed by atoms with Gasteiger partial charge in [0.15, 0.2) is 0 Å². The van der Waals surface area contributed by atoms with Crippen LogP contribution in [-0.2, 0) is 24.2 Å². The average Bonchev–Trinajstić information content (AvgIpc) is 2.93. The van der Waals surface area contributed by atoms with Crippen LogP contribution in [0.4, 0.5) is 0 Å². The van der Waals surface area contributed by atoms with Gasteiger partial charge < -0.3 is 10.0 Å². The zero-order valence-corrected chi connectivity index (χ0v) is 20.3. The second-order valence-electron chi connectivity index (χ2n) is 8.97. The van der Waals surface area contributed by atoms with Crippen molar-refractivity contribution >= 4 is 11.9 Å². The van der Waals surface area contributed by atoms with E-state index >= 15 is 0 Å². The van der Waals surface area contributed by atoms with Crippen molar-refractivity contribution < 1.29 is 14.7 Å². The van der Waals surface area contributed by atoms with Crippen LogP contribution in [-0.4, -0.2) is 28.4 Å². The monoisotopic (exact) mass is 477 g/mol. The van der Waals surface area contributed by atoms with Crippen LogP contribution in [0.5, 0.6) is 0 Å². The van der Waals surface area contributed by atoms with E-state index in [-0.39, 0.29) is 11.5 Å². The van der Waals surface area contributed by atoms with Crippen molar-refractivity contribution in [2.24, 2.45) is 0 Å². The Morgan fingerprint density at radius 3 is 1.69 bits per heavy atom. The molecular weight excluding hydrogens is 446 g/mol. The van der Waals surface area contributed by atoms with Crippen molar-refractivity contribution in [3.05, 3.63) is 131 Å². The van der Waals surface area contributed by atoms with E-state index in [1.54, 1.807) is 12.1 Å². The summed E-state index contributed by atoms with van der Waals surface area (Å²) in [6, 6.07) is 35.5. The Bertz CT molecular complexity index is 1250. The Morgan fingerprint density at radius 2 is 1.14 bits per heavy atom. The van der Waals surface area contributed by atoms with Gasteiger partial charge in [0, 0.05) is 19.5 Å². The Labute approximate surface area is 212 Å². The molecule has 1 N–H and O–H groups in total. The molecule has 0 aliphatic rings. The van der Waals surface area contributed by atoms with Gasteiger partial charge in [0.05, 0.1) is 5.56 Å². The third-order valence-electron chi connectivity index (χ3n) is 6.35. The number of aromatic carboxylic acids is 1. The Hall–Kier alpha value is -4.18. The number of hydrogen-bond donors (Lipinski definition) is 1. The van der Waals surface area contributed by atoms with Gasteiger partial charge in [-0.25, -0.2) is 4.79 Å². The molecule has 0 heterocycles. The number of rotatable bonds is 11. The smallest absolute Gasteiger partial charge is 0.335 e. The highest BCUT2D eigenvalue weighted by Crippen LogP contribution is 2.21. The molecule has 0 aromatic heterocycles. The molecule has 0 atom stereocenters. The number of nitrogens with zero attached hydrogens (tertiary/aromatic N) is 1. The lowest BCUT2D eigenvalue weighted by Gasteiger charge is -2.23. The molecule has 4 aromatic carbocycles. The largest absolute Gasteiger partial charge is 0.478 e. The quantitative estimate of drug-likeness (QED) is 0.263. The molecule has 1 amide bonds. The molecule has 4 heteroatoms. The van der Waals surface area contributed by atoms with Gasteiger partial charge in [-0.2, -0.15) is 0 Å². The van der Waals surface area contributed by atoms with E-state index in [9.17, 15) is 9.59 Å². The first-order chi connectivity index (χ1) is 17.6. The molecule has 4 rings (SSSR count). The van der Waals surface area contributed by atoms with Gasteiger partial charge in [0.25, 0.3) is 0 Å². The predicted octanol–water partition coefficient (Wildman–Crippen LogP) is 6.65. The van der Waals surface area contributed by atoms with Crippen molar-refractivity contribution in [3.8, 4) is 11.1 Å². The molecule has 0 unspecified atom stereocenters. The predicted molar refractivity (Wildman–Crippen MR) is 144 cm³/mol. The molecule has 0 saturated heterocycles. The molecule has 0 bridgehead atoms.